The first kappa shape index (κ1) is 19.2. The molecule has 1 N–H and O–H groups in total. The van der Waals surface area contributed by atoms with Crippen molar-refractivity contribution in [1.82, 2.24) is 15.2 Å². The average molecular weight is 456 g/mol. The number of benzene rings is 1. The number of hydrogen-bond acceptors (Lipinski definition) is 3. The molecule has 1 saturated heterocycles. The smallest absolute Gasteiger partial charge is 0.193 e. The highest BCUT2D eigenvalue weighted by molar-refractivity contribution is 14.0. The molecule has 0 radical (unpaired) electrons. The average Bonchev–Trinajstić information content (AvgIpc) is 3.26. The summed E-state index contributed by atoms with van der Waals surface area (Å²) < 4.78 is 0. The van der Waals surface area contributed by atoms with Gasteiger partial charge in [0.1, 0.15) is 0 Å². The largest absolute Gasteiger partial charge is 0.351 e. The molecule has 0 bridgehead atoms. The number of aliphatic imine (C=N–C) groups is 1. The predicted octanol–water partition coefficient (Wildman–Crippen LogP) is 3.89. The lowest BCUT2D eigenvalue weighted by molar-refractivity contribution is 0.485. The summed E-state index contributed by atoms with van der Waals surface area (Å²) in [5.41, 5.74) is 2.53. The van der Waals surface area contributed by atoms with Gasteiger partial charge in [0.05, 0.1) is 17.2 Å². The first-order chi connectivity index (χ1) is 11.3. The maximum Gasteiger partial charge on any atom is 0.193 e. The molecule has 1 aliphatic heterocycles. The van der Waals surface area contributed by atoms with E-state index in [-0.39, 0.29) is 24.0 Å². The molecular formula is C18H25IN4S. The molecule has 1 unspecified atom stereocenters. The van der Waals surface area contributed by atoms with Crippen LogP contribution in [0.3, 0.4) is 0 Å². The first-order valence-corrected chi connectivity index (χ1v) is 9.12. The number of thiazole rings is 1. The third kappa shape index (κ3) is 4.69. The molecule has 2 aromatic rings. The molecule has 1 fully saturated rings. The zero-order valence-electron chi connectivity index (χ0n) is 14.2. The van der Waals surface area contributed by atoms with Gasteiger partial charge in [0.15, 0.2) is 5.96 Å². The van der Waals surface area contributed by atoms with Gasteiger partial charge in [-0.05, 0) is 18.4 Å². The molecule has 0 aliphatic carbocycles. The van der Waals surface area contributed by atoms with Crippen LogP contribution in [0.1, 0.15) is 35.5 Å². The van der Waals surface area contributed by atoms with Gasteiger partial charge in [-0.3, -0.25) is 4.99 Å². The molecule has 6 heteroatoms. The maximum atomic E-state index is 4.61. The minimum atomic E-state index is 0. The fourth-order valence-electron chi connectivity index (χ4n) is 3.04. The van der Waals surface area contributed by atoms with Crippen molar-refractivity contribution in [3.63, 3.8) is 0 Å². The standard InChI is InChI=1S/C18H24N4S.HI/c1-3-17-21-16(13-23-17)11-20-18(19-2)22-10-9-15(12-22)14-7-5-4-6-8-14;/h4-8,13,15H,3,9-12H2,1-2H3,(H,19,20);1H. The summed E-state index contributed by atoms with van der Waals surface area (Å²) in [6, 6.07) is 10.8. The van der Waals surface area contributed by atoms with Crippen LogP contribution in [-0.4, -0.2) is 36.0 Å². The fourth-order valence-corrected chi connectivity index (χ4v) is 3.79. The summed E-state index contributed by atoms with van der Waals surface area (Å²) in [4.78, 5) is 11.4. The molecule has 1 aliphatic rings. The minimum Gasteiger partial charge on any atom is -0.351 e. The van der Waals surface area contributed by atoms with E-state index in [4.69, 9.17) is 0 Å². The lowest BCUT2D eigenvalue weighted by Gasteiger charge is -2.21. The van der Waals surface area contributed by atoms with Crippen molar-refractivity contribution in [1.29, 1.82) is 0 Å². The topological polar surface area (TPSA) is 40.5 Å². The number of halogens is 1. The monoisotopic (exact) mass is 456 g/mol. The van der Waals surface area contributed by atoms with Crippen LogP contribution in [0.15, 0.2) is 40.7 Å². The van der Waals surface area contributed by atoms with Crippen LogP contribution in [0, 0.1) is 0 Å². The Bertz CT molecular complexity index is 656. The predicted molar refractivity (Wildman–Crippen MR) is 112 cm³/mol. The number of likely N-dealkylation sites (tertiary alicyclic amines) is 1. The summed E-state index contributed by atoms with van der Waals surface area (Å²) in [6.07, 6.45) is 2.19. The Morgan fingerprint density at radius 2 is 2.17 bits per heavy atom. The van der Waals surface area contributed by atoms with E-state index >= 15 is 0 Å². The van der Waals surface area contributed by atoms with Gasteiger partial charge in [-0.1, -0.05) is 37.3 Å². The van der Waals surface area contributed by atoms with Crippen LogP contribution in [0.25, 0.3) is 0 Å². The van der Waals surface area contributed by atoms with Gasteiger partial charge in [0, 0.05) is 31.4 Å². The van der Waals surface area contributed by atoms with Gasteiger partial charge in [-0.2, -0.15) is 0 Å². The molecule has 24 heavy (non-hydrogen) atoms. The summed E-state index contributed by atoms with van der Waals surface area (Å²) in [5.74, 6) is 1.58. The molecule has 0 spiro atoms. The molecule has 1 atom stereocenters. The van der Waals surface area contributed by atoms with Crippen LogP contribution in [-0.2, 0) is 13.0 Å². The van der Waals surface area contributed by atoms with Crippen molar-refractivity contribution in [3.8, 4) is 0 Å². The number of aromatic nitrogens is 1. The molecule has 2 heterocycles. The van der Waals surface area contributed by atoms with Gasteiger partial charge < -0.3 is 10.2 Å². The van der Waals surface area contributed by atoms with E-state index in [1.807, 2.05) is 7.05 Å². The summed E-state index contributed by atoms with van der Waals surface area (Å²) in [5, 5.41) is 6.79. The van der Waals surface area contributed by atoms with Crippen LogP contribution < -0.4 is 5.32 Å². The highest BCUT2D eigenvalue weighted by Gasteiger charge is 2.25. The molecule has 0 saturated carbocycles. The van der Waals surface area contributed by atoms with Crippen molar-refractivity contribution in [2.45, 2.75) is 32.2 Å². The van der Waals surface area contributed by atoms with Gasteiger partial charge >= 0.3 is 0 Å². The lowest BCUT2D eigenvalue weighted by atomic mass is 9.99. The Labute approximate surface area is 165 Å². The fraction of sp³-hybridized carbons (Fsp3) is 0.444. The van der Waals surface area contributed by atoms with E-state index in [0.717, 1.165) is 37.7 Å². The number of aryl methyl sites for hydroxylation is 1. The maximum absolute atomic E-state index is 4.61. The van der Waals surface area contributed by atoms with E-state index < -0.39 is 0 Å². The molecule has 1 aromatic carbocycles. The third-order valence-corrected chi connectivity index (χ3v) is 5.34. The first-order valence-electron chi connectivity index (χ1n) is 8.24. The summed E-state index contributed by atoms with van der Waals surface area (Å²) in [6.45, 7) is 4.97. The quantitative estimate of drug-likeness (QED) is 0.431. The normalized spacial score (nSPS) is 17.7. The molecule has 0 amide bonds. The Hall–Kier alpha value is -1.15. The number of rotatable bonds is 4. The van der Waals surface area contributed by atoms with Crippen molar-refractivity contribution in [3.05, 3.63) is 52.0 Å². The van der Waals surface area contributed by atoms with Gasteiger partial charge in [0.25, 0.3) is 0 Å². The van der Waals surface area contributed by atoms with Crippen molar-refractivity contribution in [2.75, 3.05) is 20.1 Å². The molecule has 1 aromatic heterocycles. The summed E-state index contributed by atoms with van der Waals surface area (Å²) >= 11 is 1.73. The van der Waals surface area contributed by atoms with Crippen LogP contribution in [0.4, 0.5) is 0 Å². The molecule has 130 valence electrons. The number of nitrogens with one attached hydrogen (secondary N) is 1. The highest BCUT2D eigenvalue weighted by Crippen LogP contribution is 2.26. The second-order valence-corrected chi connectivity index (χ2v) is 6.77. The van der Waals surface area contributed by atoms with E-state index in [1.54, 1.807) is 11.3 Å². The van der Waals surface area contributed by atoms with E-state index in [1.165, 1.54) is 17.0 Å². The third-order valence-electron chi connectivity index (χ3n) is 4.30. The van der Waals surface area contributed by atoms with Gasteiger partial charge in [0.2, 0.25) is 0 Å². The lowest BCUT2D eigenvalue weighted by Crippen LogP contribution is -2.39. The number of guanidine groups is 1. The number of nitrogens with zero attached hydrogens (tertiary/aromatic N) is 3. The highest BCUT2D eigenvalue weighted by atomic mass is 127. The zero-order chi connectivity index (χ0) is 16.1. The molecular weight excluding hydrogens is 431 g/mol. The van der Waals surface area contributed by atoms with Crippen molar-refractivity contribution in [2.24, 2.45) is 4.99 Å². The second kappa shape index (κ2) is 9.36. The van der Waals surface area contributed by atoms with Gasteiger partial charge in [-0.25, -0.2) is 4.98 Å². The molecule has 4 nitrogen and oxygen atoms in total. The van der Waals surface area contributed by atoms with Gasteiger partial charge in [-0.15, -0.1) is 35.3 Å². The Balaban J connectivity index is 0.00000208. The van der Waals surface area contributed by atoms with Crippen LogP contribution >= 0.6 is 35.3 Å². The van der Waals surface area contributed by atoms with E-state index in [9.17, 15) is 0 Å². The van der Waals surface area contributed by atoms with E-state index in [2.05, 4.69) is 62.8 Å². The molecule has 3 rings (SSSR count). The minimum absolute atomic E-state index is 0. The Kier molecular flexibility index (Phi) is 7.48. The van der Waals surface area contributed by atoms with Crippen LogP contribution in [0.5, 0.6) is 0 Å². The van der Waals surface area contributed by atoms with Crippen molar-refractivity contribution < 1.29 is 0 Å². The SMILES string of the molecule is CCc1nc(CNC(=NC)N2CCC(c3ccccc3)C2)cs1.I. The summed E-state index contributed by atoms with van der Waals surface area (Å²) in [7, 11) is 1.86. The Morgan fingerprint density at radius 3 is 2.83 bits per heavy atom. The number of hydrogen-bond donors (Lipinski definition) is 1. The Morgan fingerprint density at radius 1 is 1.38 bits per heavy atom. The zero-order valence-corrected chi connectivity index (χ0v) is 17.4. The second-order valence-electron chi connectivity index (χ2n) is 5.83. The van der Waals surface area contributed by atoms with Crippen molar-refractivity contribution >= 4 is 41.3 Å². The van der Waals surface area contributed by atoms with E-state index in [0.29, 0.717) is 5.92 Å². The van der Waals surface area contributed by atoms with Crippen LogP contribution in [0.2, 0.25) is 0 Å².